The molecule has 5 aliphatic rings. The van der Waals surface area contributed by atoms with Crippen molar-refractivity contribution in [3.8, 4) is 0 Å². The van der Waals surface area contributed by atoms with E-state index in [0.29, 0.717) is 35.7 Å². The second kappa shape index (κ2) is 7.02. The third kappa shape index (κ3) is 2.85. The predicted molar refractivity (Wildman–Crippen MR) is 112 cm³/mol. The molecule has 160 valence electrons. The molecule has 4 nitrogen and oxygen atoms in total. The molecule has 0 aromatic heterocycles. The fourth-order valence-corrected chi connectivity index (χ4v) is 8.13. The van der Waals surface area contributed by atoms with Crippen LogP contribution < -0.4 is 5.32 Å². The van der Waals surface area contributed by atoms with Crippen LogP contribution in [0.3, 0.4) is 0 Å². The molecule has 4 aliphatic carbocycles. The number of nitrogens with one attached hydrogen (secondary N) is 1. The summed E-state index contributed by atoms with van der Waals surface area (Å²) >= 11 is 0. The van der Waals surface area contributed by atoms with Gasteiger partial charge in [0.05, 0.1) is 6.61 Å². The van der Waals surface area contributed by atoms with E-state index < -0.39 is 0 Å². The molecule has 29 heavy (non-hydrogen) atoms. The molecule has 0 spiro atoms. The molecular weight excluding hydrogens is 362 g/mol. The first kappa shape index (κ1) is 19.9. The zero-order valence-electron chi connectivity index (χ0n) is 18.0. The summed E-state index contributed by atoms with van der Waals surface area (Å²) in [5, 5.41) is 13.6. The van der Waals surface area contributed by atoms with Gasteiger partial charge in [0.2, 0.25) is 0 Å². The number of fused-ring (bicyclic) bond motifs is 5. The Balaban J connectivity index is 1.43. The van der Waals surface area contributed by atoms with Crippen molar-refractivity contribution in [2.24, 2.45) is 52.3 Å². The molecule has 1 saturated heterocycles. The molecule has 2 N–H and O–H groups in total. The molecule has 4 heteroatoms. The first-order valence-corrected chi connectivity index (χ1v) is 12.0. The summed E-state index contributed by atoms with van der Waals surface area (Å²) in [6.45, 7) is 6.69. The maximum atomic E-state index is 13.7. The van der Waals surface area contributed by atoms with E-state index in [1.807, 2.05) is 0 Å². The summed E-state index contributed by atoms with van der Waals surface area (Å²) in [5.74, 6) is 2.51. The monoisotopic (exact) mass is 399 g/mol. The van der Waals surface area contributed by atoms with Gasteiger partial charge in [0.25, 0.3) is 0 Å². The van der Waals surface area contributed by atoms with Crippen molar-refractivity contribution < 1.29 is 14.7 Å². The number of aliphatic hydroxyl groups excluding tert-OH is 1. The maximum absolute atomic E-state index is 13.7. The van der Waals surface area contributed by atoms with Gasteiger partial charge in [-0.3, -0.25) is 9.59 Å². The number of aliphatic hydroxyl groups is 1. The highest BCUT2D eigenvalue weighted by molar-refractivity contribution is 5.91. The number of hydrogen-bond donors (Lipinski definition) is 2. The Labute approximate surface area is 174 Å². The third-order valence-corrected chi connectivity index (χ3v) is 10.1. The smallest absolute Gasteiger partial charge is 0.142 e. The Morgan fingerprint density at radius 1 is 1.00 bits per heavy atom. The van der Waals surface area contributed by atoms with Crippen molar-refractivity contribution in [2.45, 2.75) is 58.8 Å². The van der Waals surface area contributed by atoms with E-state index in [-0.39, 0.29) is 41.1 Å². The molecule has 0 bridgehead atoms. The molecule has 0 radical (unpaired) electrons. The van der Waals surface area contributed by atoms with E-state index >= 15 is 0 Å². The van der Waals surface area contributed by atoms with E-state index in [9.17, 15) is 14.7 Å². The van der Waals surface area contributed by atoms with Crippen LogP contribution >= 0.6 is 0 Å². The molecule has 1 aliphatic heterocycles. The van der Waals surface area contributed by atoms with Crippen LogP contribution in [0.1, 0.15) is 58.8 Å². The molecule has 0 aromatic rings. The molecule has 4 saturated carbocycles. The van der Waals surface area contributed by atoms with Crippen LogP contribution in [0.5, 0.6) is 0 Å². The summed E-state index contributed by atoms with van der Waals surface area (Å²) in [4.78, 5) is 26.4. The largest absolute Gasteiger partial charge is 0.396 e. The Morgan fingerprint density at radius 2 is 1.76 bits per heavy atom. The molecule has 8 atom stereocenters. The fraction of sp³-hybridized carbons (Fsp3) is 0.840. The van der Waals surface area contributed by atoms with E-state index in [2.05, 4.69) is 31.3 Å². The van der Waals surface area contributed by atoms with E-state index in [1.54, 1.807) is 0 Å². The number of carbonyl (C=O) groups is 2. The molecule has 5 fully saturated rings. The van der Waals surface area contributed by atoms with Gasteiger partial charge in [-0.25, -0.2) is 0 Å². The summed E-state index contributed by atoms with van der Waals surface area (Å²) in [7, 11) is 0. The van der Waals surface area contributed by atoms with E-state index in [1.165, 1.54) is 6.42 Å². The second-order valence-electron chi connectivity index (χ2n) is 11.3. The van der Waals surface area contributed by atoms with E-state index in [0.717, 1.165) is 45.2 Å². The Morgan fingerprint density at radius 3 is 2.45 bits per heavy atom. The standard InChI is InChI=1S/C25H37NO3/c1-24-9-7-15(3-4-16-12-26-13-16)11-20(24)17(14-27)23(29)22-18-5-6-21(28)25(18,2)10-8-19(22)24/h3-4,15-20,22,26-27H,5-14H2,1-2H3/b4-3-/t15-,17-,18+,19+,20?,22+,24-,25+/m1/s1. The van der Waals surface area contributed by atoms with Gasteiger partial charge in [-0.05, 0) is 67.6 Å². The number of Topliss-reactive ketones (excluding diaryl/α,β-unsaturated/α-hetero) is 2. The minimum Gasteiger partial charge on any atom is -0.396 e. The summed E-state index contributed by atoms with van der Waals surface area (Å²) < 4.78 is 0. The third-order valence-electron chi connectivity index (χ3n) is 10.1. The van der Waals surface area contributed by atoms with Crippen LogP contribution in [0.25, 0.3) is 0 Å². The zero-order chi connectivity index (χ0) is 20.4. The number of hydrogen-bond acceptors (Lipinski definition) is 4. The molecular formula is C25H37NO3. The van der Waals surface area contributed by atoms with Gasteiger partial charge in [-0.2, -0.15) is 0 Å². The SMILES string of the molecule is C[C@]12CC[C@@H](/C=C\C3CNC3)CC1[C@@H](CO)C(=O)[C@@H]1[C@@H]2CC[C@]2(C)C(=O)CC[C@@H]12. The Kier molecular flexibility index (Phi) is 4.82. The molecule has 5 rings (SSSR count). The van der Waals surface area contributed by atoms with Crippen LogP contribution in [-0.4, -0.2) is 36.4 Å². The fourth-order valence-electron chi connectivity index (χ4n) is 8.13. The minimum atomic E-state index is -0.295. The normalized spacial score (nSPS) is 50.2. The first-order valence-electron chi connectivity index (χ1n) is 12.0. The summed E-state index contributed by atoms with van der Waals surface area (Å²) in [5.41, 5.74) is -0.169. The Hall–Kier alpha value is -1.00. The zero-order valence-corrected chi connectivity index (χ0v) is 18.0. The van der Waals surface area contributed by atoms with Gasteiger partial charge >= 0.3 is 0 Å². The van der Waals surface area contributed by atoms with Crippen molar-refractivity contribution in [1.29, 1.82) is 0 Å². The van der Waals surface area contributed by atoms with Crippen LogP contribution in [0, 0.1) is 52.3 Å². The highest BCUT2D eigenvalue weighted by Gasteiger charge is 2.64. The Bertz CT molecular complexity index is 728. The lowest BCUT2D eigenvalue weighted by atomic mass is 9.42. The summed E-state index contributed by atoms with van der Waals surface area (Å²) in [6, 6.07) is 0. The van der Waals surface area contributed by atoms with Crippen molar-refractivity contribution in [2.75, 3.05) is 19.7 Å². The quantitative estimate of drug-likeness (QED) is 0.714. The molecule has 1 unspecified atom stereocenters. The van der Waals surface area contributed by atoms with Gasteiger partial charge in [0.1, 0.15) is 11.6 Å². The average Bonchev–Trinajstić information content (AvgIpc) is 2.97. The topological polar surface area (TPSA) is 66.4 Å². The van der Waals surface area contributed by atoms with Crippen LogP contribution in [-0.2, 0) is 9.59 Å². The van der Waals surface area contributed by atoms with Gasteiger partial charge in [-0.1, -0.05) is 26.0 Å². The first-order chi connectivity index (χ1) is 13.9. The number of ketones is 2. The van der Waals surface area contributed by atoms with Crippen molar-refractivity contribution in [3.63, 3.8) is 0 Å². The van der Waals surface area contributed by atoms with Crippen molar-refractivity contribution in [3.05, 3.63) is 12.2 Å². The lowest BCUT2D eigenvalue weighted by molar-refractivity contribution is -0.171. The predicted octanol–water partition coefficient (Wildman–Crippen LogP) is 3.39. The lowest BCUT2D eigenvalue weighted by Gasteiger charge is -2.61. The minimum absolute atomic E-state index is 0.00765. The average molecular weight is 400 g/mol. The maximum Gasteiger partial charge on any atom is 0.142 e. The molecule has 1 heterocycles. The van der Waals surface area contributed by atoms with Crippen molar-refractivity contribution in [1.82, 2.24) is 5.32 Å². The molecule has 0 aromatic carbocycles. The number of allylic oxidation sites excluding steroid dienone is 1. The highest BCUT2D eigenvalue weighted by atomic mass is 16.3. The van der Waals surface area contributed by atoms with Crippen LogP contribution in [0.15, 0.2) is 12.2 Å². The number of rotatable bonds is 3. The van der Waals surface area contributed by atoms with Gasteiger partial charge in [0.15, 0.2) is 0 Å². The van der Waals surface area contributed by atoms with Gasteiger partial charge < -0.3 is 10.4 Å². The van der Waals surface area contributed by atoms with Crippen LogP contribution in [0.4, 0.5) is 0 Å². The van der Waals surface area contributed by atoms with Gasteiger partial charge in [0, 0.05) is 42.7 Å². The second-order valence-corrected chi connectivity index (χ2v) is 11.3. The van der Waals surface area contributed by atoms with E-state index in [4.69, 9.17) is 0 Å². The number of carbonyl (C=O) groups excluding carboxylic acids is 2. The summed E-state index contributed by atoms with van der Waals surface area (Å²) in [6.07, 6.45) is 11.6. The lowest BCUT2D eigenvalue weighted by Crippen LogP contribution is -2.61. The highest BCUT2D eigenvalue weighted by Crippen LogP contribution is 2.66. The van der Waals surface area contributed by atoms with Crippen molar-refractivity contribution >= 4 is 11.6 Å². The van der Waals surface area contributed by atoms with Gasteiger partial charge in [-0.15, -0.1) is 0 Å². The van der Waals surface area contributed by atoms with Crippen LogP contribution in [0.2, 0.25) is 0 Å². The molecule has 0 amide bonds.